The maximum atomic E-state index is 14.7. The Morgan fingerprint density at radius 1 is 0.841 bits per heavy atom. The van der Waals surface area contributed by atoms with Crippen LogP contribution in [0.5, 0.6) is 0 Å². The molecule has 3 heterocycles. The molecule has 0 radical (unpaired) electrons. The van der Waals surface area contributed by atoms with E-state index in [-0.39, 0.29) is 49.2 Å². The normalized spacial score (nSPS) is 12.6. The summed E-state index contributed by atoms with van der Waals surface area (Å²) in [6, 6.07) is 7.32. The minimum absolute atomic E-state index is 0.0619. The lowest BCUT2D eigenvalue weighted by atomic mass is 9.98. The van der Waals surface area contributed by atoms with Crippen molar-refractivity contribution in [1.29, 1.82) is 0 Å². The number of nitrogens with one attached hydrogen (secondary N) is 1. The Hall–Kier alpha value is -5.01. The van der Waals surface area contributed by atoms with Crippen molar-refractivity contribution in [3.05, 3.63) is 110 Å². The fraction of sp³-hybridized carbons (Fsp3) is 0.200. The van der Waals surface area contributed by atoms with Gasteiger partial charge in [0.1, 0.15) is 11.6 Å². The Morgan fingerprint density at radius 3 is 2.16 bits per heavy atom. The predicted molar refractivity (Wildman–Crippen MR) is 149 cm³/mol. The molecule has 0 saturated carbocycles. The molecule has 1 N–H and O–H groups in total. The van der Waals surface area contributed by atoms with Crippen LogP contribution in [0.4, 0.5) is 36.4 Å². The maximum Gasteiger partial charge on any atom is 0.418 e. The molecule has 0 saturated heterocycles. The van der Waals surface area contributed by atoms with Gasteiger partial charge in [-0.2, -0.15) is 22.0 Å². The van der Waals surface area contributed by atoms with Crippen molar-refractivity contribution < 1.29 is 30.7 Å². The van der Waals surface area contributed by atoms with Crippen LogP contribution < -0.4 is 16.4 Å². The van der Waals surface area contributed by atoms with Crippen LogP contribution in [0.3, 0.4) is 0 Å². The van der Waals surface area contributed by atoms with Gasteiger partial charge in [0.2, 0.25) is 0 Å². The summed E-state index contributed by atoms with van der Waals surface area (Å²) < 4.78 is 97.9. The number of aromatic nitrogens is 4. The Kier molecular flexibility index (Phi) is 7.78. The van der Waals surface area contributed by atoms with Gasteiger partial charge in [0.15, 0.2) is 5.82 Å². The molecule has 0 fully saturated rings. The van der Waals surface area contributed by atoms with Crippen molar-refractivity contribution in [3.8, 4) is 22.8 Å². The quantitative estimate of drug-likeness (QED) is 0.208. The number of aryl methyl sites for hydroxylation is 1. The molecule has 0 aliphatic heterocycles. The maximum absolute atomic E-state index is 14.7. The lowest BCUT2D eigenvalue weighted by Gasteiger charge is -2.22. The van der Waals surface area contributed by atoms with Gasteiger partial charge in [-0.05, 0) is 67.3 Å². The van der Waals surface area contributed by atoms with Crippen LogP contribution in [0, 0.1) is 18.6 Å². The third-order valence-electron chi connectivity index (χ3n) is 7.16. The SMILES string of the molecule is Cc1ccc(-c2ncc(-c3cc4c([C@@H](C)Nc5ccc(F)cc5C(F)(F)F)cc(F)cc4c(=O)n3C)cn2)n(C(F)F)c1=O. The molecule has 228 valence electrons. The smallest absolute Gasteiger partial charge is 0.378 e. The molecule has 0 aliphatic rings. The summed E-state index contributed by atoms with van der Waals surface area (Å²) in [4.78, 5) is 33.9. The molecule has 1 atom stereocenters. The molecule has 0 amide bonds. The molecular weight excluding hydrogens is 595 g/mol. The number of anilines is 1. The van der Waals surface area contributed by atoms with Gasteiger partial charge in [0.25, 0.3) is 11.1 Å². The number of hydrogen-bond acceptors (Lipinski definition) is 5. The first-order valence-corrected chi connectivity index (χ1v) is 13.0. The summed E-state index contributed by atoms with van der Waals surface area (Å²) in [5.74, 6) is -2.08. The minimum atomic E-state index is -4.88. The number of rotatable bonds is 6. The molecule has 5 aromatic rings. The van der Waals surface area contributed by atoms with Crippen LogP contribution >= 0.6 is 0 Å². The van der Waals surface area contributed by atoms with Crippen LogP contribution in [0.1, 0.15) is 36.2 Å². The molecule has 0 bridgehead atoms. The highest BCUT2D eigenvalue weighted by molar-refractivity contribution is 5.89. The van der Waals surface area contributed by atoms with E-state index in [1.54, 1.807) is 0 Å². The van der Waals surface area contributed by atoms with Crippen molar-refractivity contribution in [2.24, 2.45) is 7.05 Å². The zero-order valence-corrected chi connectivity index (χ0v) is 23.2. The van der Waals surface area contributed by atoms with E-state index >= 15 is 0 Å². The summed E-state index contributed by atoms with van der Waals surface area (Å²) in [7, 11) is 1.40. The molecule has 0 unspecified atom stereocenters. The van der Waals surface area contributed by atoms with Crippen molar-refractivity contribution in [1.82, 2.24) is 19.1 Å². The van der Waals surface area contributed by atoms with Crippen molar-refractivity contribution in [3.63, 3.8) is 0 Å². The van der Waals surface area contributed by atoms with Crippen molar-refractivity contribution in [2.75, 3.05) is 5.32 Å². The number of pyridine rings is 2. The molecule has 44 heavy (non-hydrogen) atoms. The molecule has 7 nitrogen and oxygen atoms in total. The van der Waals surface area contributed by atoms with Gasteiger partial charge in [-0.1, -0.05) is 6.07 Å². The van der Waals surface area contributed by atoms with E-state index in [0.717, 1.165) is 24.3 Å². The Labute approximate surface area is 244 Å². The Balaban J connectivity index is 1.61. The van der Waals surface area contributed by atoms with E-state index in [1.165, 1.54) is 56.1 Å². The minimum Gasteiger partial charge on any atom is -0.378 e. The predicted octanol–water partition coefficient (Wildman–Crippen LogP) is 7.00. The second-order valence-corrected chi connectivity index (χ2v) is 10.1. The fourth-order valence-corrected chi connectivity index (χ4v) is 4.95. The van der Waals surface area contributed by atoms with Crippen LogP contribution in [-0.4, -0.2) is 19.1 Å². The van der Waals surface area contributed by atoms with Crippen molar-refractivity contribution >= 4 is 16.5 Å². The first kappa shape index (κ1) is 30.4. The summed E-state index contributed by atoms with van der Waals surface area (Å²) in [6.07, 6.45) is -2.38. The van der Waals surface area contributed by atoms with E-state index in [4.69, 9.17) is 0 Å². The highest BCUT2D eigenvalue weighted by Crippen LogP contribution is 2.38. The summed E-state index contributed by atoms with van der Waals surface area (Å²) in [5.41, 5.74) is -2.78. The van der Waals surface area contributed by atoms with Crippen LogP contribution in [0.2, 0.25) is 0 Å². The number of benzene rings is 2. The topological polar surface area (TPSA) is 81.8 Å². The lowest BCUT2D eigenvalue weighted by Crippen LogP contribution is -2.24. The number of hydrogen-bond donors (Lipinski definition) is 1. The van der Waals surface area contributed by atoms with Gasteiger partial charge in [-0.3, -0.25) is 9.59 Å². The third kappa shape index (κ3) is 5.54. The molecule has 3 aromatic heterocycles. The van der Waals surface area contributed by atoms with Gasteiger partial charge in [-0.15, -0.1) is 0 Å². The highest BCUT2D eigenvalue weighted by Gasteiger charge is 2.34. The molecule has 0 spiro atoms. The summed E-state index contributed by atoms with van der Waals surface area (Å²) in [5, 5.41) is 2.79. The largest absolute Gasteiger partial charge is 0.418 e. The van der Waals surface area contributed by atoms with Gasteiger partial charge < -0.3 is 9.88 Å². The molecular formula is C30H22F7N5O2. The van der Waals surface area contributed by atoms with Crippen LogP contribution in [-0.2, 0) is 13.2 Å². The molecule has 14 heteroatoms. The third-order valence-corrected chi connectivity index (χ3v) is 7.16. The molecule has 5 rings (SSSR count). The highest BCUT2D eigenvalue weighted by atomic mass is 19.4. The van der Waals surface area contributed by atoms with Crippen LogP contribution in [0.25, 0.3) is 33.5 Å². The van der Waals surface area contributed by atoms with E-state index in [0.29, 0.717) is 6.07 Å². The average molecular weight is 618 g/mol. The molecule has 0 aliphatic carbocycles. The van der Waals surface area contributed by atoms with Gasteiger partial charge in [0, 0.05) is 42.3 Å². The number of fused-ring (bicyclic) bond motifs is 1. The van der Waals surface area contributed by atoms with Crippen LogP contribution in [0.15, 0.2) is 70.5 Å². The summed E-state index contributed by atoms with van der Waals surface area (Å²) in [6.45, 7) is -0.309. The Bertz CT molecular complexity index is 2020. The zero-order valence-electron chi connectivity index (χ0n) is 23.2. The standard InChI is InChI=1S/C30H22F7N5O2/c1-14-4-7-24(42(27(14)43)29(33)34)26-38-12-16(13-39-26)25-11-20-19(8-18(32)9-21(20)28(44)41(25)3)15(2)40-23-6-5-17(31)10-22(23)30(35,36)37/h4-13,15,29,40H,1-3H3/t15-/m1/s1. The second kappa shape index (κ2) is 11.2. The van der Waals surface area contributed by atoms with E-state index in [1.807, 2.05) is 0 Å². The first-order chi connectivity index (χ1) is 20.7. The summed E-state index contributed by atoms with van der Waals surface area (Å²) >= 11 is 0. The van der Waals surface area contributed by atoms with Gasteiger partial charge >= 0.3 is 12.7 Å². The number of halogens is 7. The number of nitrogens with zero attached hydrogens (tertiary/aromatic N) is 4. The monoisotopic (exact) mass is 617 g/mol. The zero-order chi connectivity index (χ0) is 32.1. The molecule has 2 aromatic carbocycles. The first-order valence-electron chi connectivity index (χ1n) is 13.0. The average Bonchev–Trinajstić information content (AvgIpc) is 2.96. The fourth-order valence-electron chi connectivity index (χ4n) is 4.95. The lowest BCUT2D eigenvalue weighted by molar-refractivity contribution is -0.137. The van der Waals surface area contributed by atoms with Gasteiger partial charge in [0.05, 0.1) is 22.3 Å². The van der Waals surface area contributed by atoms with Crippen molar-refractivity contribution in [2.45, 2.75) is 32.6 Å². The van der Waals surface area contributed by atoms with E-state index in [9.17, 15) is 40.3 Å². The number of alkyl halides is 5. The van der Waals surface area contributed by atoms with E-state index < -0.39 is 52.8 Å². The van der Waals surface area contributed by atoms with Gasteiger partial charge in [-0.25, -0.2) is 23.3 Å². The van der Waals surface area contributed by atoms with E-state index in [2.05, 4.69) is 15.3 Å². The second-order valence-electron chi connectivity index (χ2n) is 10.1. The Morgan fingerprint density at radius 2 is 1.52 bits per heavy atom.